The van der Waals surface area contributed by atoms with E-state index in [0.717, 1.165) is 9.13 Å². The first kappa shape index (κ1) is 24.1. The van der Waals surface area contributed by atoms with E-state index in [1.54, 1.807) is 18.3 Å². The molecule has 0 unspecified atom stereocenters. The van der Waals surface area contributed by atoms with Crippen molar-refractivity contribution >= 4 is 55.1 Å². The number of fused-ring (bicyclic) bond motifs is 1. The van der Waals surface area contributed by atoms with Gasteiger partial charge in [-0.3, -0.25) is 4.72 Å². The van der Waals surface area contributed by atoms with Gasteiger partial charge in [-0.2, -0.15) is 8.78 Å². The minimum atomic E-state index is -4.92. The predicted octanol–water partition coefficient (Wildman–Crippen LogP) is 5.41. The zero-order valence-corrected chi connectivity index (χ0v) is 20.2. The van der Waals surface area contributed by atoms with Crippen molar-refractivity contribution in [1.82, 2.24) is 4.98 Å². The number of nitrogen functional groups attached to an aromatic ring is 1. The number of furan rings is 1. The molecule has 0 spiro atoms. The molecular weight excluding hydrogens is 586 g/mol. The van der Waals surface area contributed by atoms with Crippen LogP contribution in [-0.4, -0.2) is 25.8 Å². The lowest BCUT2D eigenvalue weighted by atomic mass is 10.0. The van der Waals surface area contributed by atoms with Gasteiger partial charge in [-0.1, -0.05) is 18.2 Å². The number of hydrogen-bond donors (Lipinski definition) is 2. The molecule has 2 heterocycles. The number of ether oxygens (including phenoxy) is 1. The summed E-state index contributed by atoms with van der Waals surface area (Å²) in [4.78, 5) is 4.14. The molecule has 0 saturated heterocycles. The van der Waals surface area contributed by atoms with Crippen LogP contribution in [0.4, 0.5) is 24.7 Å². The lowest BCUT2D eigenvalue weighted by molar-refractivity contribution is 0.236. The average Bonchev–Trinajstić information content (AvgIpc) is 3.25. The Labute approximate surface area is 206 Å². The number of halogens is 4. The van der Waals surface area contributed by atoms with E-state index in [1.165, 1.54) is 36.6 Å². The number of aromatic nitrogens is 1. The molecule has 34 heavy (non-hydrogen) atoms. The van der Waals surface area contributed by atoms with E-state index < -0.39 is 15.8 Å². The van der Waals surface area contributed by atoms with Crippen LogP contribution in [0.1, 0.15) is 5.56 Å². The highest BCUT2D eigenvalue weighted by Gasteiger charge is 2.25. The van der Waals surface area contributed by atoms with Gasteiger partial charge >= 0.3 is 5.76 Å². The van der Waals surface area contributed by atoms with Crippen molar-refractivity contribution in [2.45, 2.75) is 12.2 Å². The Morgan fingerprint density at radius 1 is 1.18 bits per heavy atom. The summed E-state index contributed by atoms with van der Waals surface area (Å²) in [7, 11) is -4.92. The van der Waals surface area contributed by atoms with Crippen molar-refractivity contribution in [2.75, 3.05) is 17.1 Å². The molecule has 0 aliphatic heterocycles. The van der Waals surface area contributed by atoms with Gasteiger partial charge in [0.1, 0.15) is 17.4 Å². The molecule has 0 fully saturated rings. The summed E-state index contributed by atoms with van der Waals surface area (Å²) in [5.41, 5.74) is 8.32. The molecule has 4 aromatic rings. The first-order valence-corrected chi connectivity index (χ1v) is 12.4. The lowest BCUT2D eigenvalue weighted by Gasteiger charge is -2.15. The number of anilines is 2. The van der Waals surface area contributed by atoms with E-state index in [9.17, 15) is 21.6 Å². The molecule has 0 amide bonds. The van der Waals surface area contributed by atoms with Crippen molar-refractivity contribution in [3.05, 3.63) is 69.9 Å². The molecule has 4 rings (SSSR count). The number of benzene rings is 2. The van der Waals surface area contributed by atoms with E-state index in [4.69, 9.17) is 14.9 Å². The van der Waals surface area contributed by atoms with Crippen molar-refractivity contribution in [3.63, 3.8) is 0 Å². The minimum Gasteiger partial charge on any atom is -0.491 e. The largest absolute Gasteiger partial charge is 0.491 e. The highest BCUT2D eigenvalue weighted by Crippen LogP contribution is 2.39. The minimum absolute atomic E-state index is 0.0235. The molecule has 0 aliphatic carbocycles. The Bertz CT molecular complexity index is 1440. The van der Waals surface area contributed by atoms with E-state index in [-0.39, 0.29) is 29.7 Å². The molecule has 2 aromatic heterocycles. The monoisotopic (exact) mass is 603 g/mol. The Morgan fingerprint density at radius 3 is 2.62 bits per heavy atom. The number of nitrogens with zero attached hydrogens (tertiary/aromatic N) is 1. The van der Waals surface area contributed by atoms with Crippen LogP contribution in [0.5, 0.6) is 5.75 Å². The maximum Gasteiger partial charge on any atom is 0.355 e. The van der Waals surface area contributed by atoms with Crippen LogP contribution in [0.15, 0.2) is 59.3 Å². The predicted molar refractivity (Wildman–Crippen MR) is 131 cm³/mol. The van der Waals surface area contributed by atoms with Gasteiger partial charge in [-0.25, -0.2) is 17.8 Å². The van der Waals surface area contributed by atoms with Crippen molar-refractivity contribution in [1.29, 1.82) is 0 Å². The second-order valence-corrected chi connectivity index (χ2v) is 10.0. The smallest absolute Gasteiger partial charge is 0.355 e. The summed E-state index contributed by atoms with van der Waals surface area (Å²) in [6.07, 6.45) is 3.42. The normalized spacial score (nSPS) is 11.8. The Balaban J connectivity index is 1.70. The molecule has 0 bridgehead atoms. The third kappa shape index (κ3) is 5.06. The standard InChI is InChI=1S/C22H17F3IN3O4S/c23-14-4-1-12(2-5-14)7-8-32-18-9-13(3-6-17(18)29-34(30,31)22(24)25)15-11-33-20-16(26)10-28-21(27)19(15)20/h1-6,9-11,22,29H,7-8H2,(H2,27,28). The number of nitrogens with one attached hydrogen (secondary N) is 1. The number of nitrogens with two attached hydrogens (primary N) is 1. The maximum absolute atomic E-state index is 13.1. The van der Waals surface area contributed by atoms with Crippen LogP contribution in [0.3, 0.4) is 0 Å². The van der Waals surface area contributed by atoms with Gasteiger partial charge in [0.25, 0.3) is 10.0 Å². The van der Waals surface area contributed by atoms with E-state index in [0.29, 0.717) is 28.5 Å². The SMILES string of the molecule is Nc1ncc(I)c2occ(-c3ccc(NS(=O)(=O)C(F)F)c(OCCc4ccc(F)cc4)c3)c12. The van der Waals surface area contributed by atoms with Gasteiger partial charge in [0.15, 0.2) is 5.58 Å². The van der Waals surface area contributed by atoms with Crippen LogP contribution >= 0.6 is 22.6 Å². The maximum atomic E-state index is 13.1. The van der Waals surface area contributed by atoms with Gasteiger partial charge in [0.05, 0.1) is 27.5 Å². The summed E-state index contributed by atoms with van der Waals surface area (Å²) in [5, 5.41) is 0.560. The van der Waals surface area contributed by atoms with Gasteiger partial charge in [0.2, 0.25) is 0 Å². The van der Waals surface area contributed by atoms with E-state index in [2.05, 4.69) is 27.6 Å². The number of pyridine rings is 1. The van der Waals surface area contributed by atoms with E-state index in [1.807, 2.05) is 4.72 Å². The van der Waals surface area contributed by atoms with Crippen LogP contribution in [-0.2, 0) is 16.4 Å². The summed E-state index contributed by atoms with van der Waals surface area (Å²) < 4.78 is 76.5. The number of rotatable bonds is 8. The Morgan fingerprint density at radius 2 is 1.91 bits per heavy atom. The number of hydrogen-bond acceptors (Lipinski definition) is 6. The highest BCUT2D eigenvalue weighted by atomic mass is 127. The first-order chi connectivity index (χ1) is 16.2. The Hall–Kier alpha value is -3.00. The molecular formula is C22H17F3IN3O4S. The van der Waals surface area contributed by atoms with Gasteiger partial charge in [0, 0.05) is 18.2 Å². The zero-order chi connectivity index (χ0) is 24.5. The summed E-state index contributed by atoms with van der Waals surface area (Å²) in [6, 6.07) is 10.1. The summed E-state index contributed by atoms with van der Waals surface area (Å²) >= 11 is 2.06. The van der Waals surface area contributed by atoms with E-state index >= 15 is 0 Å². The Kier molecular flexibility index (Phi) is 6.89. The van der Waals surface area contributed by atoms with Crippen molar-refractivity contribution in [2.24, 2.45) is 0 Å². The molecule has 2 aromatic carbocycles. The summed E-state index contributed by atoms with van der Waals surface area (Å²) in [5.74, 6) is -3.74. The fourth-order valence-corrected chi connectivity index (χ4v) is 4.37. The van der Waals surface area contributed by atoms with Crippen LogP contribution in [0.2, 0.25) is 0 Å². The van der Waals surface area contributed by atoms with Crippen LogP contribution in [0, 0.1) is 9.39 Å². The molecule has 7 nitrogen and oxygen atoms in total. The van der Waals surface area contributed by atoms with Crippen molar-refractivity contribution < 1.29 is 30.7 Å². The zero-order valence-electron chi connectivity index (χ0n) is 17.3. The first-order valence-electron chi connectivity index (χ1n) is 9.78. The summed E-state index contributed by atoms with van der Waals surface area (Å²) in [6.45, 7) is 0.0756. The average molecular weight is 603 g/mol. The molecule has 0 atom stereocenters. The molecule has 0 radical (unpaired) electrons. The highest BCUT2D eigenvalue weighted by molar-refractivity contribution is 14.1. The third-order valence-electron chi connectivity index (χ3n) is 4.92. The third-order valence-corrected chi connectivity index (χ3v) is 6.66. The van der Waals surface area contributed by atoms with Gasteiger partial charge in [-0.05, 0) is 58.0 Å². The second kappa shape index (κ2) is 9.70. The topological polar surface area (TPSA) is 107 Å². The molecule has 0 aliphatic rings. The van der Waals surface area contributed by atoms with Crippen LogP contribution in [0.25, 0.3) is 22.1 Å². The van der Waals surface area contributed by atoms with Gasteiger partial charge < -0.3 is 14.9 Å². The fourth-order valence-electron chi connectivity index (χ4n) is 3.27. The van der Waals surface area contributed by atoms with Crippen LogP contribution < -0.4 is 15.2 Å². The van der Waals surface area contributed by atoms with Gasteiger partial charge in [-0.15, -0.1) is 0 Å². The lowest BCUT2D eigenvalue weighted by Crippen LogP contribution is -2.21. The molecule has 178 valence electrons. The second-order valence-electron chi connectivity index (χ2n) is 7.19. The fraction of sp³-hybridized carbons (Fsp3) is 0.136. The van der Waals surface area contributed by atoms with Crippen molar-refractivity contribution in [3.8, 4) is 16.9 Å². The molecule has 0 saturated carbocycles. The number of sulfonamides is 1. The number of alkyl halides is 2. The molecule has 3 N–H and O–H groups in total. The molecule has 12 heteroatoms. The quantitative estimate of drug-likeness (QED) is 0.261.